The Morgan fingerprint density at radius 2 is 1.86 bits per heavy atom. The SMILES string of the molecule is CCOc1ccc(NC(=O)c2c(NC(=O)CCC(=O)O)sc3c2CCC3)cc1. The number of aryl methyl sites for hydroxylation is 1. The lowest BCUT2D eigenvalue weighted by molar-refractivity contribution is -0.138. The quantitative estimate of drug-likeness (QED) is 0.625. The maximum atomic E-state index is 12.9. The van der Waals surface area contributed by atoms with Crippen LogP contribution in [0.5, 0.6) is 5.75 Å². The third kappa shape index (κ3) is 4.69. The van der Waals surface area contributed by atoms with Crippen molar-refractivity contribution in [1.29, 1.82) is 0 Å². The highest BCUT2D eigenvalue weighted by Crippen LogP contribution is 2.39. The standard InChI is InChI=1S/C20H22N2O5S/c1-2-27-13-8-6-12(7-9-13)21-19(26)18-14-4-3-5-15(14)28-20(18)22-16(23)10-11-17(24)25/h6-9H,2-5,10-11H2,1H3,(H,21,26)(H,22,23)(H,24,25). The van der Waals surface area contributed by atoms with Gasteiger partial charge in [0.2, 0.25) is 5.91 Å². The number of amides is 2. The van der Waals surface area contributed by atoms with Crippen molar-refractivity contribution >= 4 is 39.8 Å². The molecule has 1 aromatic carbocycles. The van der Waals surface area contributed by atoms with Gasteiger partial charge in [0.15, 0.2) is 0 Å². The number of thiophene rings is 1. The summed E-state index contributed by atoms with van der Waals surface area (Å²) >= 11 is 1.40. The molecule has 7 nitrogen and oxygen atoms in total. The van der Waals surface area contributed by atoms with Gasteiger partial charge in [0.1, 0.15) is 10.8 Å². The number of rotatable bonds is 8. The van der Waals surface area contributed by atoms with E-state index in [9.17, 15) is 14.4 Å². The van der Waals surface area contributed by atoms with Crippen molar-refractivity contribution in [3.63, 3.8) is 0 Å². The number of anilines is 2. The van der Waals surface area contributed by atoms with Gasteiger partial charge in [0, 0.05) is 17.0 Å². The third-order valence-corrected chi connectivity index (χ3v) is 5.60. The first-order valence-electron chi connectivity index (χ1n) is 9.18. The molecule has 148 valence electrons. The van der Waals surface area contributed by atoms with Gasteiger partial charge in [-0.15, -0.1) is 11.3 Å². The minimum Gasteiger partial charge on any atom is -0.494 e. The first-order chi connectivity index (χ1) is 13.5. The summed E-state index contributed by atoms with van der Waals surface area (Å²) in [5.74, 6) is -0.991. The Balaban J connectivity index is 1.76. The van der Waals surface area contributed by atoms with Gasteiger partial charge in [-0.05, 0) is 56.0 Å². The van der Waals surface area contributed by atoms with E-state index in [1.165, 1.54) is 11.3 Å². The number of hydrogen-bond acceptors (Lipinski definition) is 5. The molecule has 2 amide bonds. The molecule has 0 bridgehead atoms. The molecule has 28 heavy (non-hydrogen) atoms. The summed E-state index contributed by atoms with van der Waals surface area (Å²) in [6, 6.07) is 7.10. The van der Waals surface area contributed by atoms with E-state index >= 15 is 0 Å². The van der Waals surface area contributed by atoms with Crippen molar-refractivity contribution in [2.45, 2.75) is 39.0 Å². The van der Waals surface area contributed by atoms with E-state index < -0.39 is 11.9 Å². The fourth-order valence-electron chi connectivity index (χ4n) is 3.14. The zero-order valence-corrected chi connectivity index (χ0v) is 16.4. The molecular formula is C20H22N2O5S. The van der Waals surface area contributed by atoms with Crippen LogP contribution in [0, 0.1) is 0 Å². The average Bonchev–Trinajstić information content (AvgIpc) is 3.22. The van der Waals surface area contributed by atoms with Crippen LogP contribution in [-0.2, 0) is 22.4 Å². The number of carbonyl (C=O) groups is 3. The zero-order valence-electron chi connectivity index (χ0n) is 15.5. The summed E-state index contributed by atoms with van der Waals surface area (Å²) in [4.78, 5) is 36.8. The van der Waals surface area contributed by atoms with Crippen LogP contribution in [0.2, 0.25) is 0 Å². The number of carboxylic acid groups (broad SMARTS) is 1. The second-order valence-electron chi connectivity index (χ2n) is 6.41. The van der Waals surface area contributed by atoms with Crippen LogP contribution in [0.4, 0.5) is 10.7 Å². The van der Waals surface area contributed by atoms with Gasteiger partial charge in [-0.1, -0.05) is 0 Å². The van der Waals surface area contributed by atoms with E-state index in [4.69, 9.17) is 9.84 Å². The van der Waals surface area contributed by atoms with Crippen molar-refractivity contribution in [3.05, 3.63) is 40.3 Å². The monoisotopic (exact) mass is 402 g/mol. The lowest BCUT2D eigenvalue weighted by atomic mass is 10.1. The predicted octanol–water partition coefficient (Wildman–Crippen LogP) is 3.69. The highest BCUT2D eigenvalue weighted by Gasteiger charge is 2.27. The van der Waals surface area contributed by atoms with Crippen LogP contribution in [-0.4, -0.2) is 29.5 Å². The topological polar surface area (TPSA) is 105 Å². The van der Waals surface area contributed by atoms with Gasteiger partial charge in [-0.25, -0.2) is 0 Å². The molecule has 0 saturated heterocycles. The predicted molar refractivity (Wildman–Crippen MR) is 107 cm³/mol. The number of hydrogen-bond donors (Lipinski definition) is 3. The summed E-state index contributed by atoms with van der Waals surface area (Å²) in [7, 11) is 0. The minimum absolute atomic E-state index is 0.127. The van der Waals surface area contributed by atoms with Crippen LogP contribution in [0.1, 0.15) is 47.0 Å². The largest absolute Gasteiger partial charge is 0.494 e. The van der Waals surface area contributed by atoms with Crippen molar-refractivity contribution in [3.8, 4) is 5.75 Å². The number of fused-ring (bicyclic) bond motifs is 1. The Morgan fingerprint density at radius 1 is 1.11 bits per heavy atom. The molecule has 3 rings (SSSR count). The average molecular weight is 402 g/mol. The molecule has 3 N–H and O–H groups in total. The van der Waals surface area contributed by atoms with Crippen molar-refractivity contribution < 1.29 is 24.2 Å². The molecule has 0 atom stereocenters. The summed E-state index contributed by atoms with van der Waals surface area (Å²) < 4.78 is 5.40. The van der Waals surface area contributed by atoms with Crippen LogP contribution in [0.15, 0.2) is 24.3 Å². The zero-order chi connectivity index (χ0) is 20.1. The highest BCUT2D eigenvalue weighted by molar-refractivity contribution is 7.17. The lowest BCUT2D eigenvalue weighted by Gasteiger charge is -2.10. The van der Waals surface area contributed by atoms with E-state index in [-0.39, 0.29) is 18.7 Å². The number of nitrogens with one attached hydrogen (secondary N) is 2. The molecule has 1 aliphatic rings. The summed E-state index contributed by atoms with van der Waals surface area (Å²) in [6.45, 7) is 2.47. The normalized spacial score (nSPS) is 12.3. The molecule has 1 aliphatic carbocycles. The van der Waals surface area contributed by atoms with Gasteiger partial charge in [0.25, 0.3) is 5.91 Å². The molecule has 1 aromatic heterocycles. The number of ether oxygens (including phenoxy) is 1. The van der Waals surface area contributed by atoms with Crippen LogP contribution in [0.25, 0.3) is 0 Å². The first-order valence-corrected chi connectivity index (χ1v) is 10.00. The highest BCUT2D eigenvalue weighted by atomic mass is 32.1. The van der Waals surface area contributed by atoms with Gasteiger partial charge < -0.3 is 20.5 Å². The maximum Gasteiger partial charge on any atom is 0.303 e. The van der Waals surface area contributed by atoms with Crippen LogP contribution < -0.4 is 15.4 Å². The number of carboxylic acids is 1. The van der Waals surface area contributed by atoms with Crippen LogP contribution in [0.3, 0.4) is 0 Å². The summed E-state index contributed by atoms with van der Waals surface area (Å²) in [5.41, 5.74) is 2.09. The van der Waals surface area contributed by atoms with Gasteiger partial charge in [0.05, 0.1) is 18.6 Å². The minimum atomic E-state index is -1.03. The second kappa shape index (κ2) is 8.88. The fraction of sp³-hybridized carbons (Fsp3) is 0.350. The van der Waals surface area contributed by atoms with E-state index in [1.807, 2.05) is 6.92 Å². The Hall–Kier alpha value is -2.87. The van der Waals surface area contributed by atoms with Crippen LogP contribution >= 0.6 is 11.3 Å². The summed E-state index contributed by atoms with van der Waals surface area (Å²) in [6.07, 6.45) is 2.29. The van der Waals surface area contributed by atoms with E-state index in [0.29, 0.717) is 22.9 Å². The van der Waals surface area contributed by atoms with Crippen molar-refractivity contribution in [2.75, 3.05) is 17.2 Å². The Morgan fingerprint density at radius 3 is 2.54 bits per heavy atom. The van der Waals surface area contributed by atoms with Gasteiger partial charge >= 0.3 is 5.97 Å². The first kappa shape index (κ1) is 19.9. The van der Waals surface area contributed by atoms with E-state index in [0.717, 1.165) is 35.5 Å². The molecule has 2 aromatic rings. The smallest absolute Gasteiger partial charge is 0.303 e. The molecule has 0 radical (unpaired) electrons. The number of carbonyl (C=O) groups excluding carboxylic acids is 2. The van der Waals surface area contributed by atoms with Gasteiger partial charge in [-0.2, -0.15) is 0 Å². The number of aliphatic carboxylic acids is 1. The lowest BCUT2D eigenvalue weighted by Crippen LogP contribution is -2.18. The molecule has 0 spiro atoms. The Kier molecular flexibility index (Phi) is 6.30. The van der Waals surface area contributed by atoms with Crippen molar-refractivity contribution in [1.82, 2.24) is 0 Å². The van der Waals surface area contributed by atoms with Gasteiger partial charge in [-0.3, -0.25) is 14.4 Å². The molecule has 0 unspecified atom stereocenters. The molecule has 0 aliphatic heterocycles. The molecule has 0 fully saturated rings. The number of benzene rings is 1. The third-order valence-electron chi connectivity index (χ3n) is 4.39. The Bertz CT molecular complexity index is 889. The van der Waals surface area contributed by atoms with E-state index in [2.05, 4.69) is 10.6 Å². The van der Waals surface area contributed by atoms with Crippen molar-refractivity contribution in [2.24, 2.45) is 0 Å². The molecule has 8 heteroatoms. The molecule has 1 heterocycles. The fourth-order valence-corrected chi connectivity index (χ4v) is 4.44. The Labute approximate surface area is 166 Å². The van der Waals surface area contributed by atoms with E-state index in [1.54, 1.807) is 24.3 Å². The molecular weight excluding hydrogens is 380 g/mol. The summed E-state index contributed by atoms with van der Waals surface area (Å²) in [5, 5.41) is 14.8. The molecule has 0 saturated carbocycles. The second-order valence-corrected chi connectivity index (χ2v) is 7.52. The maximum absolute atomic E-state index is 12.9.